The second-order valence-corrected chi connectivity index (χ2v) is 6.38. The van der Waals surface area contributed by atoms with Gasteiger partial charge in [0, 0.05) is 0 Å². The Balaban J connectivity index is 2.07. The summed E-state index contributed by atoms with van der Waals surface area (Å²) in [5, 5.41) is 0. The van der Waals surface area contributed by atoms with Gasteiger partial charge in [-0.3, -0.25) is 4.18 Å². The van der Waals surface area contributed by atoms with Gasteiger partial charge in [-0.2, -0.15) is 8.42 Å². The summed E-state index contributed by atoms with van der Waals surface area (Å²) in [6.07, 6.45) is 2.98. The predicted octanol–water partition coefficient (Wildman–Crippen LogP) is 3.20. The minimum atomic E-state index is -3.62. The number of allylic oxidation sites excluding steroid dienone is 1. The van der Waals surface area contributed by atoms with Crippen LogP contribution in [0.2, 0.25) is 0 Å². The Hall–Kier alpha value is -1.13. The van der Waals surface area contributed by atoms with Gasteiger partial charge in [0.25, 0.3) is 10.1 Å². The van der Waals surface area contributed by atoms with E-state index in [4.69, 9.17) is 4.18 Å². The molecule has 1 aliphatic rings. The number of aryl methyl sites for hydroxylation is 1. The molecular formula is C14H18O3S. The van der Waals surface area contributed by atoms with Crippen LogP contribution in [0.4, 0.5) is 0 Å². The van der Waals surface area contributed by atoms with E-state index in [1.807, 2.05) is 6.92 Å². The molecule has 4 heteroatoms. The van der Waals surface area contributed by atoms with Crippen LogP contribution in [0.25, 0.3) is 0 Å². The Morgan fingerprint density at radius 3 is 2.28 bits per heavy atom. The molecule has 1 saturated carbocycles. The van der Waals surface area contributed by atoms with Crippen LogP contribution in [-0.4, -0.2) is 14.5 Å². The van der Waals surface area contributed by atoms with Crippen LogP contribution in [0.5, 0.6) is 0 Å². The van der Waals surface area contributed by atoms with Gasteiger partial charge >= 0.3 is 0 Å². The molecule has 1 aromatic rings. The molecule has 0 heterocycles. The molecule has 0 aliphatic heterocycles. The smallest absolute Gasteiger partial charge is 0.263 e. The van der Waals surface area contributed by atoms with E-state index in [1.54, 1.807) is 24.3 Å². The van der Waals surface area contributed by atoms with Gasteiger partial charge in [-0.1, -0.05) is 29.8 Å². The summed E-state index contributed by atoms with van der Waals surface area (Å²) in [7, 11) is -3.62. The lowest BCUT2D eigenvalue weighted by Crippen LogP contribution is -2.21. The van der Waals surface area contributed by atoms with Gasteiger partial charge < -0.3 is 0 Å². The molecule has 0 atom stereocenters. The lowest BCUT2D eigenvalue weighted by Gasteiger charge is -2.22. The summed E-state index contributed by atoms with van der Waals surface area (Å²) in [5.41, 5.74) is 2.21. The lowest BCUT2D eigenvalue weighted by molar-refractivity contribution is 0.177. The lowest BCUT2D eigenvalue weighted by atomic mass is 9.94. The van der Waals surface area contributed by atoms with E-state index in [9.17, 15) is 8.42 Å². The van der Waals surface area contributed by atoms with Crippen molar-refractivity contribution in [3.8, 4) is 0 Å². The Morgan fingerprint density at radius 1 is 1.17 bits per heavy atom. The molecule has 0 amide bonds. The fraction of sp³-hybridized carbons (Fsp3) is 0.429. The third kappa shape index (κ3) is 3.21. The van der Waals surface area contributed by atoms with E-state index in [-0.39, 0.29) is 11.0 Å². The van der Waals surface area contributed by atoms with E-state index in [0.717, 1.165) is 31.2 Å². The van der Waals surface area contributed by atoms with E-state index < -0.39 is 10.1 Å². The molecule has 0 aromatic heterocycles. The normalized spacial score (nSPS) is 17.9. The highest BCUT2D eigenvalue weighted by Crippen LogP contribution is 2.27. The third-order valence-corrected chi connectivity index (χ3v) is 4.59. The van der Waals surface area contributed by atoms with Crippen LogP contribution in [0.1, 0.15) is 31.2 Å². The first kappa shape index (κ1) is 13.3. The maximum absolute atomic E-state index is 12.0. The summed E-state index contributed by atoms with van der Waals surface area (Å²) in [6.45, 7) is 5.83. The molecule has 0 spiro atoms. The number of rotatable bonds is 3. The van der Waals surface area contributed by atoms with Gasteiger partial charge in [0.05, 0.1) is 11.0 Å². The van der Waals surface area contributed by atoms with Gasteiger partial charge in [0.2, 0.25) is 0 Å². The molecule has 0 bridgehead atoms. The molecule has 18 heavy (non-hydrogen) atoms. The first-order valence-electron chi connectivity index (χ1n) is 6.14. The van der Waals surface area contributed by atoms with Crippen molar-refractivity contribution in [1.29, 1.82) is 0 Å². The standard InChI is InChI=1S/C14H18O3S/c1-11-3-7-13(8-4-11)17-18(15,16)14-9-5-12(2)6-10-14/h5-6,9-10,13H,1,3-4,7-8H2,2H3. The summed E-state index contributed by atoms with van der Waals surface area (Å²) >= 11 is 0. The quantitative estimate of drug-likeness (QED) is 0.623. The predicted molar refractivity (Wildman–Crippen MR) is 70.8 cm³/mol. The topological polar surface area (TPSA) is 43.4 Å². The summed E-state index contributed by atoms with van der Waals surface area (Å²) in [5.74, 6) is 0. The number of benzene rings is 1. The van der Waals surface area contributed by atoms with Crippen molar-refractivity contribution in [2.24, 2.45) is 0 Å². The van der Waals surface area contributed by atoms with Gasteiger partial charge in [0.15, 0.2) is 0 Å². The fourth-order valence-electron chi connectivity index (χ4n) is 2.04. The molecule has 1 aromatic carbocycles. The Labute approximate surface area is 109 Å². The highest BCUT2D eigenvalue weighted by atomic mass is 32.2. The summed E-state index contributed by atoms with van der Waals surface area (Å²) < 4.78 is 29.4. The van der Waals surface area contributed by atoms with Crippen molar-refractivity contribution in [2.45, 2.75) is 43.6 Å². The molecule has 0 unspecified atom stereocenters. The van der Waals surface area contributed by atoms with Gasteiger partial charge in [-0.15, -0.1) is 0 Å². The van der Waals surface area contributed by atoms with E-state index in [1.165, 1.54) is 5.57 Å². The first-order valence-corrected chi connectivity index (χ1v) is 7.55. The molecule has 2 rings (SSSR count). The highest BCUT2D eigenvalue weighted by Gasteiger charge is 2.24. The van der Waals surface area contributed by atoms with Crippen LogP contribution >= 0.6 is 0 Å². The number of hydrogen-bond acceptors (Lipinski definition) is 3. The maximum atomic E-state index is 12.0. The van der Waals surface area contributed by atoms with Gasteiger partial charge in [-0.25, -0.2) is 0 Å². The summed E-state index contributed by atoms with van der Waals surface area (Å²) in [6, 6.07) is 6.73. The van der Waals surface area contributed by atoms with Crippen molar-refractivity contribution >= 4 is 10.1 Å². The SMILES string of the molecule is C=C1CCC(OS(=O)(=O)c2ccc(C)cc2)CC1. The average Bonchev–Trinajstić information content (AvgIpc) is 2.32. The van der Waals surface area contributed by atoms with E-state index in [2.05, 4.69) is 6.58 Å². The van der Waals surface area contributed by atoms with E-state index in [0.29, 0.717) is 0 Å². The maximum Gasteiger partial charge on any atom is 0.297 e. The number of hydrogen-bond donors (Lipinski definition) is 0. The fourth-order valence-corrected chi connectivity index (χ4v) is 3.17. The second-order valence-electron chi connectivity index (χ2n) is 4.81. The average molecular weight is 266 g/mol. The van der Waals surface area contributed by atoms with Crippen LogP contribution < -0.4 is 0 Å². The van der Waals surface area contributed by atoms with Crippen LogP contribution in [0, 0.1) is 6.92 Å². The molecule has 3 nitrogen and oxygen atoms in total. The zero-order valence-corrected chi connectivity index (χ0v) is 11.4. The minimum absolute atomic E-state index is 0.207. The monoisotopic (exact) mass is 266 g/mol. The molecule has 1 aliphatic carbocycles. The Bertz CT molecular complexity index is 519. The molecule has 1 fully saturated rings. The van der Waals surface area contributed by atoms with Crippen molar-refractivity contribution in [1.82, 2.24) is 0 Å². The van der Waals surface area contributed by atoms with Crippen molar-refractivity contribution in [3.05, 3.63) is 42.0 Å². The van der Waals surface area contributed by atoms with Crippen LogP contribution in [0.15, 0.2) is 41.3 Å². The van der Waals surface area contributed by atoms with E-state index >= 15 is 0 Å². The van der Waals surface area contributed by atoms with Crippen molar-refractivity contribution in [2.75, 3.05) is 0 Å². The molecular weight excluding hydrogens is 248 g/mol. The van der Waals surface area contributed by atoms with Crippen LogP contribution in [0.3, 0.4) is 0 Å². The third-order valence-electron chi connectivity index (χ3n) is 3.21. The largest absolute Gasteiger partial charge is 0.297 e. The highest BCUT2D eigenvalue weighted by molar-refractivity contribution is 7.86. The zero-order chi connectivity index (χ0) is 13.2. The Morgan fingerprint density at radius 2 is 1.72 bits per heavy atom. The minimum Gasteiger partial charge on any atom is -0.263 e. The van der Waals surface area contributed by atoms with Crippen LogP contribution in [-0.2, 0) is 14.3 Å². The first-order chi connectivity index (χ1) is 8.47. The van der Waals surface area contributed by atoms with Crippen molar-refractivity contribution in [3.63, 3.8) is 0 Å². The van der Waals surface area contributed by atoms with Gasteiger partial charge in [-0.05, 0) is 44.7 Å². The zero-order valence-electron chi connectivity index (χ0n) is 10.6. The Kier molecular flexibility index (Phi) is 3.88. The van der Waals surface area contributed by atoms with Gasteiger partial charge in [0.1, 0.15) is 0 Å². The molecule has 0 radical (unpaired) electrons. The van der Waals surface area contributed by atoms with Crippen molar-refractivity contribution < 1.29 is 12.6 Å². The second kappa shape index (κ2) is 5.24. The molecule has 0 saturated heterocycles. The molecule has 0 N–H and O–H groups in total. The summed E-state index contributed by atoms with van der Waals surface area (Å²) in [4.78, 5) is 0.234. The molecule has 98 valence electrons.